The van der Waals surface area contributed by atoms with Gasteiger partial charge in [-0.15, -0.1) is 0 Å². The van der Waals surface area contributed by atoms with Gasteiger partial charge in [-0.1, -0.05) is 45.4 Å². The molecular weight excluding hydrogens is 284 g/mol. The van der Waals surface area contributed by atoms with Gasteiger partial charge in [0, 0.05) is 12.5 Å². The number of amides is 1. The molecule has 1 aromatic rings. The highest BCUT2D eigenvalue weighted by Gasteiger charge is 2.11. The standard InChI is InChI=1S/C16H24N2O4/c1-2-3-4-5-6-7-8-9-16(20)17-14-11-10-13(18(21)22)12-15(14)19/h10-12,19H,2-9H2,1H3,(H,17,20). The highest BCUT2D eigenvalue weighted by atomic mass is 16.6. The van der Waals surface area contributed by atoms with E-state index in [0.29, 0.717) is 6.42 Å². The zero-order valence-corrected chi connectivity index (χ0v) is 13.0. The molecule has 1 aromatic carbocycles. The van der Waals surface area contributed by atoms with E-state index in [1.165, 1.54) is 37.8 Å². The van der Waals surface area contributed by atoms with Crippen LogP contribution in [0.15, 0.2) is 18.2 Å². The first kappa shape index (κ1) is 17.9. The van der Waals surface area contributed by atoms with Gasteiger partial charge in [-0.2, -0.15) is 0 Å². The highest BCUT2D eigenvalue weighted by Crippen LogP contribution is 2.28. The number of aromatic hydroxyl groups is 1. The maximum Gasteiger partial charge on any atom is 0.273 e. The van der Waals surface area contributed by atoms with E-state index in [1.807, 2.05) is 0 Å². The van der Waals surface area contributed by atoms with Crippen LogP contribution in [0.1, 0.15) is 58.3 Å². The summed E-state index contributed by atoms with van der Waals surface area (Å²) >= 11 is 0. The molecule has 0 saturated heterocycles. The molecule has 0 saturated carbocycles. The number of unbranched alkanes of at least 4 members (excludes halogenated alkanes) is 6. The minimum atomic E-state index is -0.593. The summed E-state index contributed by atoms with van der Waals surface area (Å²) in [4.78, 5) is 21.7. The van der Waals surface area contributed by atoms with Crippen molar-refractivity contribution < 1.29 is 14.8 Å². The fourth-order valence-corrected chi connectivity index (χ4v) is 2.19. The molecule has 122 valence electrons. The van der Waals surface area contributed by atoms with Crippen molar-refractivity contribution in [2.24, 2.45) is 0 Å². The number of nitrogens with zero attached hydrogens (tertiary/aromatic N) is 1. The molecule has 2 N–H and O–H groups in total. The van der Waals surface area contributed by atoms with Crippen LogP contribution in [0.5, 0.6) is 5.75 Å². The first-order chi connectivity index (χ1) is 10.5. The number of anilines is 1. The molecule has 6 nitrogen and oxygen atoms in total. The Morgan fingerprint density at radius 2 is 1.82 bits per heavy atom. The van der Waals surface area contributed by atoms with Crippen molar-refractivity contribution in [3.8, 4) is 5.75 Å². The molecule has 6 heteroatoms. The summed E-state index contributed by atoms with van der Waals surface area (Å²) in [7, 11) is 0. The Kier molecular flexibility index (Phi) is 7.96. The summed E-state index contributed by atoms with van der Waals surface area (Å²) in [5.41, 5.74) is 0.00104. The van der Waals surface area contributed by atoms with Gasteiger partial charge in [-0.05, 0) is 12.5 Å². The number of rotatable bonds is 10. The molecule has 0 heterocycles. The van der Waals surface area contributed by atoms with Gasteiger partial charge in [0.25, 0.3) is 5.69 Å². The number of hydrogen-bond acceptors (Lipinski definition) is 4. The van der Waals surface area contributed by atoms with Gasteiger partial charge < -0.3 is 10.4 Å². The number of nitro groups is 1. The Balaban J connectivity index is 2.29. The first-order valence-electron chi connectivity index (χ1n) is 7.82. The number of carbonyl (C=O) groups is 1. The van der Waals surface area contributed by atoms with Crippen molar-refractivity contribution in [3.05, 3.63) is 28.3 Å². The Labute approximate surface area is 130 Å². The number of hydrogen-bond donors (Lipinski definition) is 2. The number of nitro benzene ring substituents is 1. The molecule has 0 aromatic heterocycles. The predicted octanol–water partition coefficient (Wildman–Crippen LogP) is 4.38. The lowest BCUT2D eigenvalue weighted by atomic mass is 10.1. The van der Waals surface area contributed by atoms with E-state index in [9.17, 15) is 20.0 Å². The third kappa shape index (κ3) is 6.56. The van der Waals surface area contributed by atoms with E-state index >= 15 is 0 Å². The minimum absolute atomic E-state index is 0.183. The molecule has 22 heavy (non-hydrogen) atoms. The summed E-state index contributed by atoms with van der Waals surface area (Å²) < 4.78 is 0. The van der Waals surface area contributed by atoms with E-state index in [0.717, 1.165) is 25.3 Å². The Bertz CT molecular complexity index is 503. The number of nitrogens with one attached hydrogen (secondary N) is 1. The minimum Gasteiger partial charge on any atom is -0.506 e. The number of phenols is 1. The quantitative estimate of drug-likeness (QED) is 0.290. The topological polar surface area (TPSA) is 92.5 Å². The molecule has 0 unspecified atom stereocenters. The SMILES string of the molecule is CCCCCCCCCC(=O)Nc1ccc([N+](=O)[O-])cc1O. The van der Waals surface area contributed by atoms with Crippen LogP contribution in [0.25, 0.3) is 0 Å². The second-order valence-corrected chi connectivity index (χ2v) is 5.38. The molecule has 0 bridgehead atoms. The van der Waals surface area contributed by atoms with Crippen LogP contribution in [0.3, 0.4) is 0 Å². The summed E-state index contributed by atoms with van der Waals surface area (Å²) in [5, 5.41) is 22.8. The van der Waals surface area contributed by atoms with Crippen LogP contribution in [0, 0.1) is 10.1 Å². The van der Waals surface area contributed by atoms with Crippen molar-refractivity contribution in [3.63, 3.8) is 0 Å². The second kappa shape index (κ2) is 9.76. The van der Waals surface area contributed by atoms with Gasteiger partial charge in [0.05, 0.1) is 16.7 Å². The van der Waals surface area contributed by atoms with E-state index in [-0.39, 0.29) is 23.0 Å². The van der Waals surface area contributed by atoms with Crippen LogP contribution in [0.2, 0.25) is 0 Å². The van der Waals surface area contributed by atoms with Crippen LogP contribution < -0.4 is 5.32 Å². The lowest BCUT2D eigenvalue weighted by Gasteiger charge is -2.07. The Morgan fingerprint density at radius 3 is 2.41 bits per heavy atom. The maximum absolute atomic E-state index is 11.8. The van der Waals surface area contributed by atoms with Gasteiger partial charge in [0.15, 0.2) is 0 Å². The van der Waals surface area contributed by atoms with Crippen molar-refractivity contribution >= 4 is 17.3 Å². The largest absolute Gasteiger partial charge is 0.506 e. The molecule has 0 aliphatic rings. The predicted molar refractivity (Wildman–Crippen MR) is 86.0 cm³/mol. The summed E-state index contributed by atoms with van der Waals surface area (Å²) in [6.45, 7) is 2.18. The molecule has 0 atom stereocenters. The van der Waals surface area contributed by atoms with Gasteiger partial charge in [-0.3, -0.25) is 14.9 Å². The molecule has 1 rings (SSSR count). The fraction of sp³-hybridized carbons (Fsp3) is 0.562. The summed E-state index contributed by atoms with van der Waals surface area (Å²) in [5.74, 6) is -0.472. The van der Waals surface area contributed by atoms with Crippen LogP contribution >= 0.6 is 0 Å². The van der Waals surface area contributed by atoms with Gasteiger partial charge in [-0.25, -0.2) is 0 Å². The average molecular weight is 308 g/mol. The van der Waals surface area contributed by atoms with Gasteiger partial charge in [0.1, 0.15) is 5.75 Å². The van der Waals surface area contributed by atoms with Gasteiger partial charge >= 0.3 is 0 Å². The molecule has 1 amide bonds. The fourth-order valence-electron chi connectivity index (χ4n) is 2.19. The zero-order valence-electron chi connectivity index (χ0n) is 13.0. The van der Waals surface area contributed by atoms with Crippen molar-refractivity contribution in [1.29, 1.82) is 0 Å². The van der Waals surface area contributed by atoms with Crippen molar-refractivity contribution in [2.75, 3.05) is 5.32 Å². The van der Waals surface area contributed by atoms with E-state index < -0.39 is 4.92 Å². The van der Waals surface area contributed by atoms with Crippen LogP contribution in [-0.2, 0) is 4.79 Å². The molecule has 0 aliphatic heterocycles. The molecule has 0 spiro atoms. The van der Waals surface area contributed by atoms with E-state index in [2.05, 4.69) is 12.2 Å². The normalized spacial score (nSPS) is 10.4. The molecular formula is C16H24N2O4. The smallest absolute Gasteiger partial charge is 0.273 e. The van der Waals surface area contributed by atoms with Crippen molar-refractivity contribution in [1.82, 2.24) is 0 Å². The number of benzene rings is 1. The molecule has 0 radical (unpaired) electrons. The lowest BCUT2D eigenvalue weighted by Crippen LogP contribution is -2.11. The van der Waals surface area contributed by atoms with Crippen LogP contribution in [-0.4, -0.2) is 15.9 Å². The third-order valence-electron chi connectivity index (χ3n) is 3.47. The number of phenolic OH excluding ortho intramolecular Hbond substituents is 1. The second-order valence-electron chi connectivity index (χ2n) is 5.38. The van der Waals surface area contributed by atoms with E-state index in [4.69, 9.17) is 0 Å². The van der Waals surface area contributed by atoms with Crippen LogP contribution in [0.4, 0.5) is 11.4 Å². The summed E-state index contributed by atoms with van der Waals surface area (Å²) in [6, 6.07) is 3.63. The summed E-state index contributed by atoms with van der Waals surface area (Å²) in [6.07, 6.45) is 8.30. The number of carbonyl (C=O) groups excluding carboxylic acids is 1. The highest BCUT2D eigenvalue weighted by molar-refractivity contribution is 5.92. The third-order valence-corrected chi connectivity index (χ3v) is 3.47. The maximum atomic E-state index is 11.8. The zero-order chi connectivity index (χ0) is 16.4. The van der Waals surface area contributed by atoms with Crippen molar-refractivity contribution in [2.45, 2.75) is 58.3 Å². The monoisotopic (exact) mass is 308 g/mol. The molecule has 0 aliphatic carbocycles. The average Bonchev–Trinajstić information content (AvgIpc) is 2.48. The van der Waals surface area contributed by atoms with E-state index in [1.54, 1.807) is 0 Å². The number of non-ortho nitro benzene ring substituents is 1. The Hall–Kier alpha value is -2.11. The first-order valence-corrected chi connectivity index (χ1v) is 7.82. The van der Waals surface area contributed by atoms with Gasteiger partial charge in [0.2, 0.25) is 5.91 Å². The Morgan fingerprint density at radius 1 is 1.18 bits per heavy atom. The lowest BCUT2D eigenvalue weighted by molar-refractivity contribution is -0.384. The molecule has 0 fully saturated rings.